The highest BCUT2D eigenvalue weighted by Gasteiger charge is 2.24. The van der Waals surface area contributed by atoms with Gasteiger partial charge in [0, 0.05) is 48.2 Å². The number of ether oxygens (including phenoxy) is 1. The molecule has 1 fully saturated rings. The summed E-state index contributed by atoms with van der Waals surface area (Å²) in [6.45, 7) is 7.18. The predicted octanol–water partition coefficient (Wildman–Crippen LogP) is 6.13. The second-order valence-corrected chi connectivity index (χ2v) is 11.6. The Balaban J connectivity index is 0.00000384. The van der Waals surface area contributed by atoms with Crippen LogP contribution in [0, 0.1) is 5.82 Å². The maximum atomic E-state index is 14.1. The number of carboxylic acids is 1. The van der Waals surface area contributed by atoms with Crippen LogP contribution >= 0.6 is 11.6 Å². The van der Waals surface area contributed by atoms with Crippen LogP contribution in [0.5, 0.6) is 5.88 Å². The molecule has 4 heterocycles. The van der Waals surface area contributed by atoms with Gasteiger partial charge < -0.3 is 25.1 Å². The monoisotopic (exact) mass is 622 g/mol. The lowest BCUT2D eigenvalue weighted by molar-refractivity contribution is 0.0697. The summed E-state index contributed by atoms with van der Waals surface area (Å²) in [7, 11) is 0. The quantitative estimate of drug-likeness (QED) is 0.190. The Morgan fingerprint density at radius 3 is 2.66 bits per heavy atom. The molecule has 0 radical (unpaired) electrons. The number of nitrogens with zero attached hydrogens (tertiary/aromatic N) is 7. The van der Waals surface area contributed by atoms with E-state index in [-0.39, 0.29) is 30.4 Å². The summed E-state index contributed by atoms with van der Waals surface area (Å²) < 4.78 is 26.0. The third kappa shape index (κ3) is 6.62. The molecule has 0 amide bonds. The van der Waals surface area contributed by atoms with Crippen LogP contribution in [0.4, 0.5) is 4.39 Å². The maximum absolute atomic E-state index is 14.1. The fraction of sp³-hybridized carbons (Fsp3) is 0.355. The van der Waals surface area contributed by atoms with Crippen molar-refractivity contribution in [2.24, 2.45) is 0 Å². The molecule has 1 aliphatic rings. The van der Waals surface area contributed by atoms with Crippen molar-refractivity contribution < 1.29 is 19.0 Å². The summed E-state index contributed by atoms with van der Waals surface area (Å²) in [6, 6.07) is 11.9. The second kappa shape index (κ2) is 13.2. The Labute approximate surface area is 259 Å². The van der Waals surface area contributed by atoms with Gasteiger partial charge in [-0.1, -0.05) is 17.7 Å². The molecule has 1 aliphatic heterocycles. The summed E-state index contributed by atoms with van der Waals surface area (Å²) in [4.78, 5) is 23.4. The molecule has 0 atom stereocenters. The van der Waals surface area contributed by atoms with Gasteiger partial charge in [0.25, 0.3) is 0 Å². The summed E-state index contributed by atoms with van der Waals surface area (Å²) in [5, 5.41) is 14.5. The fourth-order valence-corrected chi connectivity index (χ4v) is 5.78. The van der Waals surface area contributed by atoms with Crippen LogP contribution in [0.1, 0.15) is 66.2 Å². The van der Waals surface area contributed by atoms with Crippen LogP contribution in [0.3, 0.4) is 0 Å². The summed E-state index contributed by atoms with van der Waals surface area (Å²) >= 11 is 5.84. The molecule has 232 valence electrons. The summed E-state index contributed by atoms with van der Waals surface area (Å²) in [5.74, 6) is -0.0286. The number of likely N-dealkylation sites (tertiary alicyclic amines) is 1. The van der Waals surface area contributed by atoms with Crippen LogP contribution in [0.25, 0.3) is 11.0 Å². The number of hydrogen-bond acceptors (Lipinski definition) is 7. The van der Waals surface area contributed by atoms with E-state index in [1.165, 1.54) is 6.07 Å². The highest BCUT2D eigenvalue weighted by molar-refractivity contribution is 6.30. The van der Waals surface area contributed by atoms with E-state index in [0.29, 0.717) is 29.6 Å². The molecule has 3 aromatic heterocycles. The predicted molar refractivity (Wildman–Crippen MR) is 165 cm³/mol. The summed E-state index contributed by atoms with van der Waals surface area (Å²) in [6.07, 6.45) is 7.39. The molecule has 0 unspecified atom stereocenters. The first-order valence-electron chi connectivity index (χ1n) is 14.3. The third-order valence-electron chi connectivity index (χ3n) is 7.97. The Morgan fingerprint density at radius 2 is 1.93 bits per heavy atom. The average molecular weight is 623 g/mol. The normalized spacial score (nSPS) is 14.3. The van der Waals surface area contributed by atoms with E-state index in [0.717, 1.165) is 48.5 Å². The minimum absolute atomic E-state index is 0. The molecular weight excluding hydrogens is 587 g/mol. The maximum Gasteiger partial charge on any atom is 0.335 e. The van der Waals surface area contributed by atoms with E-state index in [4.69, 9.17) is 21.3 Å². The molecule has 6 rings (SSSR count). The molecule has 4 N–H and O–H groups in total. The zero-order valence-corrected chi connectivity index (χ0v) is 25.5. The van der Waals surface area contributed by atoms with Gasteiger partial charge in [-0.05, 0) is 57.0 Å². The van der Waals surface area contributed by atoms with E-state index < -0.39 is 11.8 Å². The minimum Gasteiger partial charge on any atom is -0.478 e. The number of carbonyl (C=O) groups is 1. The SMILES string of the molecule is CC(C)n1cncc1Cn1c(CN2CCC(n3ccc(OCc4ccc(Cl)cc4F)n3)CC2)nc2ccc(C(=O)O)cc21.N. The van der Waals surface area contributed by atoms with Gasteiger partial charge in [-0.15, -0.1) is 5.10 Å². The van der Waals surface area contributed by atoms with E-state index in [2.05, 4.69) is 38.0 Å². The van der Waals surface area contributed by atoms with Gasteiger partial charge >= 0.3 is 5.97 Å². The van der Waals surface area contributed by atoms with E-state index >= 15 is 0 Å². The smallest absolute Gasteiger partial charge is 0.335 e. The van der Waals surface area contributed by atoms with Crippen LogP contribution < -0.4 is 10.9 Å². The number of halogens is 2. The fourth-order valence-electron chi connectivity index (χ4n) is 5.62. The molecule has 2 aromatic carbocycles. The number of aromatic nitrogens is 6. The van der Waals surface area contributed by atoms with E-state index in [9.17, 15) is 14.3 Å². The van der Waals surface area contributed by atoms with Crippen LogP contribution in [0.2, 0.25) is 5.02 Å². The van der Waals surface area contributed by atoms with Gasteiger partial charge in [-0.2, -0.15) is 0 Å². The van der Waals surface area contributed by atoms with Crippen LogP contribution in [-0.4, -0.2) is 57.9 Å². The Bertz CT molecular complexity index is 1760. The van der Waals surface area contributed by atoms with Crippen molar-refractivity contribution in [2.75, 3.05) is 13.1 Å². The molecule has 0 bridgehead atoms. The van der Waals surface area contributed by atoms with Crippen molar-refractivity contribution >= 4 is 28.6 Å². The lowest BCUT2D eigenvalue weighted by Crippen LogP contribution is -2.35. The Hall–Kier alpha value is -4.26. The molecule has 1 saturated heterocycles. The van der Waals surface area contributed by atoms with Crippen molar-refractivity contribution in [3.05, 3.63) is 94.7 Å². The van der Waals surface area contributed by atoms with E-state index in [1.807, 2.05) is 23.4 Å². The van der Waals surface area contributed by atoms with Gasteiger partial charge in [-0.3, -0.25) is 9.58 Å². The number of piperidine rings is 1. The van der Waals surface area contributed by atoms with E-state index in [1.54, 1.807) is 36.4 Å². The van der Waals surface area contributed by atoms with Gasteiger partial charge in [0.2, 0.25) is 5.88 Å². The topological polar surface area (TPSA) is 138 Å². The number of fused-ring (bicyclic) bond motifs is 1. The average Bonchev–Trinajstić information content (AvgIpc) is 3.72. The number of imidazole rings is 2. The standard InChI is InChI=1S/C31H33ClFN7O3.H3N/c1-20(2)39-19-34-15-25(39)16-38-28-13-21(31(41)42)4-6-27(28)35-29(38)17-37-10-7-24(8-11-37)40-12-9-30(36-40)43-18-22-3-5-23(32)14-26(22)33;/h3-6,9,12-15,19-20,24H,7-8,10-11,16-18H2,1-2H3,(H,41,42);1H3. The van der Waals surface area contributed by atoms with Crippen molar-refractivity contribution in [2.45, 2.75) is 58.5 Å². The lowest BCUT2D eigenvalue weighted by Gasteiger charge is -2.31. The first-order valence-corrected chi connectivity index (χ1v) is 14.7. The lowest BCUT2D eigenvalue weighted by atomic mass is 10.1. The number of aromatic carboxylic acids is 1. The molecule has 13 heteroatoms. The molecule has 0 saturated carbocycles. The van der Waals surface area contributed by atoms with Gasteiger partial charge in [-0.25, -0.2) is 19.2 Å². The van der Waals surface area contributed by atoms with Crippen molar-refractivity contribution in [1.82, 2.24) is 39.9 Å². The molecular formula is C31H36ClFN8O3. The van der Waals surface area contributed by atoms with Crippen molar-refractivity contribution in [1.29, 1.82) is 0 Å². The molecule has 0 spiro atoms. The minimum atomic E-state index is -0.963. The number of benzene rings is 2. The molecule has 11 nitrogen and oxygen atoms in total. The number of rotatable bonds is 10. The molecule has 0 aliphatic carbocycles. The third-order valence-corrected chi connectivity index (χ3v) is 8.20. The van der Waals surface area contributed by atoms with Crippen molar-refractivity contribution in [3.8, 4) is 5.88 Å². The number of carboxylic acid groups (broad SMARTS) is 1. The van der Waals surface area contributed by atoms with Gasteiger partial charge in [0.15, 0.2) is 0 Å². The van der Waals surface area contributed by atoms with Crippen molar-refractivity contribution in [3.63, 3.8) is 0 Å². The zero-order valence-electron chi connectivity index (χ0n) is 24.7. The largest absolute Gasteiger partial charge is 0.478 e. The zero-order chi connectivity index (χ0) is 30.1. The Kier molecular flexibility index (Phi) is 9.33. The first-order chi connectivity index (χ1) is 20.7. The second-order valence-electron chi connectivity index (χ2n) is 11.2. The summed E-state index contributed by atoms with van der Waals surface area (Å²) in [5.41, 5.74) is 3.26. The molecule has 5 aromatic rings. The van der Waals surface area contributed by atoms with Gasteiger partial charge in [0.1, 0.15) is 18.2 Å². The van der Waals surface area contributed by atoms with Crippen LogP contribution in [-0.2, 0) is 19.7 Å². The highest BCUT2D eigenvalue weighted by Crippen LogP contribution is 2.27. The number of hydrogen-bond donors (Lipinski definition) is 2. The Morgan fingerprint density at radius 1 is 1.14 bits per heavy atom. The highest BCUT2D eigenvalue weighted by atomic mass is 35.5. The van der Waals surface area contributed by atoms with Crippen LogP contribution in [0.15, 0.2) is 61.2 Å². The van der Waals surface area contributed by atoms with Gasteiger partial charge in [0.05, 0.1) is 47.7 Å². The molecule has 44 heavy (non-hydrogen) atoms. The first kappa shape index (κ1) is 31.2.